The number of hydrogen-bond acceptors (Lipinski definition) is 8. The lowest BCUT2D eigenvalue weighted by molar-refractivity contribution is -0.384. The Hall–Kier alpha value is -1.88. The van der Waals surface area contributed by atoms with Gasteiger partial charge in [-0.05, 0) is 0 Å². The van der Waals surface area contributed by atoms with E-state index in [9.17, 15) is 20.1 Å². The number of nitrogen functional groups attached to an aromatic ring is 1. The minimum absolute atomic E-state index is 0.00800. The topological polar surface area (TPSA) is 153 Å². The van der Waals surface area contributed by atoms with Crippen LogP contribution in [0.25, 0.3) is 0 Å². The third-order valence-electron chi connectivity index (χ3n) is 3.31. The Kier molecular flexibility index (Phi) is 4.32. The largest absolute Gasteiger partial charge is 0.446 e. The second-order valence-corrected chi connectivity index (χ2v) is 4.73. The van der Waals surface area contributed by atoms with Crippen molar-refractivity contribution in [3.05, 3.63) is 10.4 Å². The van der Waals surface area contributed by atoms with Gasteiger partial charge in [-0.25, -0.2) is 9.78 Å². The van der Waals surface area contributed by atoms with Crippen LogP contribution in [0.1, 0.15) is 0 Å². The molecule has 1 aliphatic heterocycles. The second kappa shape index (κ2) is 5.85. The minimum atomic E-state index is -1.42. The smallest absolute Gasteiger partial charge is 0.399 e. The molecule has 2 heterocycles. The number of aliphatic hydroxyl groups excluding tert-OH is 3. The molecule has 10 heteroatoms. The number of nitrogens with zero attached hydrogens (tertiary/aromatic N) is 1. The molecule has 1 saturated heterocycles. The van der Waals surface area contributed by atoms with Gasteiger partial charge in [0.2, 0.25) is 0 Å². The van der Waals surface area contributed by atoms with E-state index < -0.39 is 30.1 Å². The zero-order chi connectivity index (χ0) is 15.7. The first-order valence-corrected chi connectivity index (χ1v) is 6.25. The van der Waals surface area contributed by atoms with Crippen molar-refractivity contribution in [2.24, 2.45) is 7.05 Å². The summed E-state index contributed by atoms with van der Waals surface area (Å²) in [6.07, 6.45) is -5.08. The van der Waals surface area contributed by atoms with Crippen LogP contribution < -0.4 is 26.3 Å². The van der Waals surface area contributed by atoms with E-state index in [1.165, 1.54) is 18.7 Å². The molecule has 1 fully saturated rings. The first kappa shape index (κ1) is 15.5. The average Bonchev–Trinajstić information content (AvgIpc) is 2.47. The van der Waals surface area contributed by atoms with Gasteiger partial charge in [0, 0.05) is 0 Å². The lowest BCUT2D eigenvalue weighted by Gasteiger charge is -2.35. The molecule has 0 aromatic carbocycles. The number of anilines is 2. The van der Waals surface area contributed by atoms with Gasteiger partial charge in [0.1, 0.15) is 18.3 Å². The summed E-state index contributed by atoms with van der Waals surface area (Å²) in [5, 5.41) is 31.4. The van der Waals surface area contributed by atoms with Gasteiger partial charge in [-0.2, -0.15) is 4.57 Å². The van der Waals surface area contributed by atoms with Crippen LogP contribution in [0.4, 0.5) is 11.5 Å². The number of H-pyrrole nitrogens is 1. The summed E-state index contributed by atoms with van der Waals surface area (Å²) in [5.41, 5.74) is 5.19. The van der Waals surface area contributed by atoms with E-state index in [1.807, 2.05) is 0 Å². The maximum Gasteiger partial charge on any atom is 0.399 e. The van der Waals surface area contributed by atoms with Gasteiger partial charge in [0.05, 0.1) is 20.8 Å². The van der Waals surface area contributed by atoms with Gasteiger partial charge in [-0.15, -0.1) is 0 Å². The Balaban J connectivity index is 2.28. The van der Waals surface area contributed by atoms with Crippen molar-refractivity contribution in [3.8, 4) is 6.01 Å². The Morgan fingerprint density at radius 1 is 1.43 bits per heavy atom. The molecule has 1 aliphatic rings. The van der Waals surface area contributed by atoms with E-state index >= 15 is 0 Å². The summed E-state index contributed by atoms with van der Waals surface area (Å²) in [7, 11) is 2.85. The molecule has 2 rings (SSSR count). The summed E-state index contributed by atoms with van der Waals surface area (Å²) in [4.78, 5) is 14.8. The van der Waals surface area contributed by atoms with Crippen LogP contribution in [0, 0.1) is 0 Å². The Labute approximate surface area is 119 Å². The van der Waals surface area contributed by atoms with Gasteiger partial charge in [-0.1, -0.05) is 0 Å². The van der Waals surface area contributed by atoms with Crippen LogP contribution in [-0.2, 0) is 11.8 Å². The van der Waals surface area contributed by atoms with Gasteiger partial charge >= 0.3 is 11.6 Å². The highest BCUT2D eigenvalue weighted by atomic mass is 16.5. The summed E-state index contributed by atoms with van der Waals surface area (Å²) < 4.78 is 11.3. The summed E-state index contributed by atoms with van der Waals surface area (Å²) in [6.45, 7) is -0.185. The van der Waals surface area contributed by atoms with Crippen molar-refractivity contribution < 1.29 is 29.8 Å². The Morgan fingerprint density at radius 2 is 2.10 bits per heavy atom. The predicted octanol–water partition coefficient (Wildman–Crippen LogP) is -3.36. The number of rotatable bonds is 3. The number of aromatic nitrogens is 2. The van der Waals surface area contributed by atoms with Crippen LogP contribution in [0.5, 0.6) is 6.01 Å². The molecule has 1 aromatic rings. The summed E-state index contributed by atoms with van der Waals surface area (Å²) in [5.74, 6) is -0.00800. The minimum Gasteiger partial charge on any atom is -0.446 e. The van der Waals surface area contributed by atoms with Crippen molar-refractivity contribution in [3.63, 3.8) is 0 Å². The quantitative estimate of drug-likeness (QED) is 0.388. The zero-order valence-electron chi connectivity index (χ0n) is 11.6. The molecule has 0 amide bonds. The van der Waals surface area contributed by atoms with Gasteiger partial charge in [0.15, 0.2) is 11.9 Å². The van der Waals surface area contributed by atoms with Crippen LogP contribution in [0.2, 0.25) is 0 Å². The maximum absolute atomic E-state index is 12.2. The standard InChI is InChI=1S/C11H18N4O6/c1-15-10(19)5(8(12)14-11(15)20-2)13-9-7(18)6(17)4(16)3-21-9/h4,6-7,9,13,16-18H,3,12H2,1-2H3/p+1/t4-,6-,7+,9?/m1/s1. The molecule has 0 spiro atoms. The number of aromatic amines is 1. The highest BCUT2D eigenvalue weighted by Gasteiger charge is 2.38. The molecule has 0 bridgehead atoms. The molecule has 0 radical (unpaired) electrons. The van der Waals surface area contributed by atoms with Crippen molar-refractivity contribution in [2.45, 2.75) is 24.5 Å². The molecule has 10 nitrogen and oxygen atoms in total. The van der Waals surface area contributed by atoms with E-state index in [4.69, 9.17) is 15.2 Å². The molecule has 1 aromatic heterocycles. The van der Waals surface area contributed by atoms with Crippen molar-refractivity contribution >= 4 is 11.5 Å². The van der Waals surface area contributed by atoms with Gasteiger partial charge in [-0.3, -0.25) is 0 Å². The van der Waals surface area contributed by atoms with Crippen LogP contribution in [0.3, 0.4) is 0 Å². The number of nitrogens with one attached hydrogen (secondary N) is 2. The lowest BCUT2D eigenvalue weighted by atomic mass is 10.0. The van der Waals surface area contributed by atoms with E-state index in [0.717, 1.165) is 0 Å². The van der Waals surface area contributed by atoms with E-state index in [1.54, 1.807) is 0 Å². The molecular formula is C11H19N4O6+. The molecule has 118 valence electrons. The number of hydrogen-bond donors (Lipinski definition) is 5. The number of ether oxygens (including phenoxy) is 2. The van der Waals surface area contributed by atoms with Gasteiger partial charge < -0.3 is 35.8 Å². The molecule has 21 heavy (non-hydrogen) atoms. The number of aliphatic hydroxyl groups is 3. The van der Waals surface area contributed by atoms with E-state index in [0.29, 0.717) is 0 Å². The SMILES string of the molecule is COc1[nH+]c(N)c(NC2OC[C@@H](O)[C@@H](O)[C@@H]2O)c(=O)n1C. The number of methoxy groups -OCH3 is 1. The van der Waals surface area contributed by atoms with E-state index in [-0.39, 0.29) is 24.1 Å². The lowest BCUT2D eigenvalue weighted by Crippen LogP contribution is -2.56. The summed E-state index contributed by atoms with van der Waals surface area (Å²) in [6, 6.07) is 0.156. The third-order valence-corrected chi connectivity index (χ3v) is 3.31. The van der Waals surface area contributed by atoms with Crippen LogP contribution in [-0.4, -0.2) is 58.1 Å². The Morgan fingerprint density at radius 3 is 2.71 bits per heavy atom. The van der Waals surface area contributed by atoms with Crippen molar-refractivity contribution in [1.82, 2.24) is 4.57 Å². The highest BCUT2D eigenvalue weighted by molar-refractivity contribution is 5.57. The predicted molar refractivity (Wildman–Crippen MR) is 70.6 cm³/mol. The molecule has 0 saturated carbocycles. The Bertz CT molecular complexity index is 577. The first-order valence-electron chi connectivity index (χ1n) is 6.25. The fourth-order valence-electron chi connectivity index (χ4n) is 2.04. The molecular weight excluding hydrogens is 284 g/mol. The summed E-state index contributed by atoms with van der Waals surface area (Å²) >= 11 is 0. The average molecular weight is 303 g/mol. The third kappa shape index (κ3) is 2.78. The fraction of sp³-hybridized carbons (Fsp3) is 0.636. The van der Waals surface area contributed by atoms with Crippen LogP contribution >= 0.6 is 0 Å². The monoisotopic (exact) mass is 303 g/mol. The van der Waals surface area contributed by atoms with Crippen molar-refractivity contribution in [2.75, 3.05) is 24.8 Å². The molecule has 0 aliphatic carbocycles. The van der Waals surface area contributed by atoms with Gasteiger partial charge in [0.25, 0.3) is 5.82 Å². The second-order valence-electron chi connectivity index (χ2n) is 4.73. The fourth-order valence-corrected chi connectivity index (χ4v) is 2.04. The molecule has 7 N–H and O–H groups in total. The normalized spacial score (nSPS) is 29.2. The molecule has 4 atom stereocenters. The van der Waals surface area contributed by atoms with E-state index in [2.05, 4.69) is 10.3 Å². The first-order chi connectivity index (χ1) is 9.86. The highest BCUT2D eigenvalue weighted by Crippen LogP contribution is 2.19. The molecule has 1 unspecified atom stereocenters. The van der Waals surface area contributed by atoms with Crippen LogP contribution in [0.15, 0.2) is 4.79 Å². The maximum atomic E-state index is 12.2. The number of nitrogens with two attached hydrogens (primary N) is 1. The zero-order valence-corrected chi connectivity index (χ0v) is 11.6. The van der Waals surface area contributed by atoms with Crippen molar-refractivity contribution in [1.29, 1.82) is 0 Å².